The van der Waals surface area contributed by atoms with Crippen molar-refractivity contribution < 1.29 is 14.3 Å². The van der Waals surface area contributed by atoms with Gasteiger partial charge in [0.25, 0.3) is 0 Å². The first-order valence-corrected chi connectivity index (χ1v) is 8.36. The molecule has 5 nitrogen and oxygen atoms in total. The van der Waals surface area contributed by atoms with Crippen LogP contribution in [0.25, 0.3) is 0 Å². The molecule has 126 valence electrons. The minimum Gasteiger partial charge on any atom is -0.497 e. The van der Waals surface area contributed by atoms with Crippen LogP contribution in [0.15, 0.2) is 24.3 Å². The van der Waals surface area contributed by atoms with E-state index in [9.17, 15) is 4.79 Å². The number of nitrogens with zero attached hydrogens (tertiary/aromatic N) is 2. The second kappa shape index (κ2) is 7.32. The SMILES string of the molecule is COCCN1C[C@H]2CCN(Cc3cccc(OC)c3)[C@H](C2)C1=O. The lowest BCUT2D eigenvalue weighted by atomic mass is 9.85. The molecule has 2 saturated heterocycles. The summed E-state index contributed by atoms with van der Waals surface area (Å²) >= 11 is 0. The highest BCUT2D eigenvalue weighted by Crippen LogP contribution is 2.31. The molecule has 0 aliphatic carbocycles. The van der Waals surface area contributed by atoms with Gasteiger partial charge in [0.2, 0.25) is 5.91 Å². The molecule has 2 aliphatic heterocycles. The number of likely N-dealkylation sites (tertiary alicyclic amines) is 2. The van der Waals surface area contributed by atoms with Crippen molar-refractivity contribution in [2.75, 3.05) is 40.5 Å². The molecule has 23 heavy (non-hydrogen) atoms. The summed E-state index contributed by atoms with van der Waals surface area (Å²) in [5.74, 6) is 1.77. The van der Waals surface area contributed by atoms with Crippen LogP contribution in [-0.4, -0.2) is 62.2 Å². The summed E-state index contributed by atoms with van der Waals surface area (Å²) in [5, 5.41) is 0. The third-order valence-electron chi connectivity index (χ3n) is 4.98. The Morgan fingerprint density at radius 2 is 2.17 bits per heavy atom. The van der Waals surface area contributed by atoms with Crippen LogP contribution in [0.4, 0.5) is 0 Å². The van der Waals surface area contributed by atoms with Crippen molar-refractivity contribution >= 4 is 5.91 Å². The van der Waals surface area contributed by atoms with Gasteiger partial charge in [-0.25, -0.2) is 0 Å². The minimum atomic E-state index is 0.0190. The average molecular weight is 318 g/mol. The van der Waals surface area contributed by atoms with Crippen molar-refractivity contribution in [1.82, 2.24) is 9.80 Å². The number of ether oxygens (including phenoxy) is 2. The third-order valence-corrected chi connectivity index (χ3v) is 4.98. The maximum absolute atomic E-state index is 12.8. The zero-order valence-electron chi connectivity index (χ0n) is 14.0. The second-order valence-corrected chi connectivity index (χ2v) is 6.51. The minimum absolute atomic E-state index is 0.0190. The van der Waals surface area contributed by atoms with E-state index in [0.717, 1.165) is 38.2 Å². The summed E-state index contributed by atoms with van der Waals surface area (Å²) in [7, 11) is 3.37. The van der Waals surface area contributed by atoms with Crippen LogP contribution in [0.5, 0.6) is 5.75 Å². The van der Waals surface area contributed by atoms with Crippen LogP contribution in [0, 0.1) is 5.92 Å². The molecule has 2 fully saturated rings. The van der Waals surface area contributed by atoms with Gasteiger partial charge in [-0.1, -0.05) is 12.1 Å². The van der Waals surface area contributed by atoms with E-state index in [4.69, 9.17) is 9.47 Å². The van der Waals surface area contributed by atoms with E-state index in [0.29, 0.717) is 19.1 Å². The topological polar surface area (TPSA) is 42.0 Å². The fourth-order valence-electron chi connectivity index (χ4n) is 3.72. The Bertz CT molecular complexity index is 549. The molecule has 0 N–H and O–H groups in total. The number of benzene rings is 1. The summed E-state index contributed by atoms with van der Waals surface area (Å²) in [6.45, 7) is 4.01. The van der Waals surface area contributed by atoms with E-state index < -0.39 is 0 Å². The summed E-state index contributed by atoms with van der Waals surface area (Å²) < 4.78 is 10.4. The Morgan fingerprint density at radius 1 is 1.30 bits per heavy atom. The number of methoxy groups -OCH3 is 2. The van der Waals surface area contributed by atoms with Crippen molar-refractivity contribution in [1.29, 1.82) is 0 Å². The number of amides is 1. The van der Waals surface area contributed by atoms with E-state index >= 15 is 0 Å². The first kappa shape index (κ1) is 16.3. The summed E-state index contributed by atoms with van der Waals surface area (Å²) in [6.07, 6.45) is 2.16. The van der Waals surface area contributed by atoms with Gasteiger partial charge in [0.1, 0.15) is 5.75 Å². The molecule has 5 heteroatoms. The number of carbonyl (C=O) groups excluding carboxylic acids is 1. The summed E-state index contributed by atoms with van der Waals surface area (Å²) in [4.78, 5) is 17.1. The van der Waals surface area contributed by atoms with Gasteiger partial charge in [0.05, 0.1) is 19.8 Å². The number of hydrogen-bond acceptors (Lipinski definition) is 4. The molecule has 2 bridgehead atoms. The molecule has 1 aromatic rings. The quantitative estimate of drug-likeness (QED) is 0.802. The van der Waals surface area contributed by atoms with Crippen molar-refractivity contribution in [2.24, 2.45) is 5.92 Å². The molecule has 2 atom stereocenters. The van der Waals surface area contributed by atoms with E-state index in [2.05, 4.69) is 17.0 Å². The second-order valence-electron chi connectivity index (χ2n) is 6.51. The van der Waals surface area contributed by atoms with Crippen molar-refractivity contribution in [3.8, 4) is 5.75 Å². The molecule has 3 rings (SSSR count). The molecule has 0 unspecified atom stereocenters. The molecule has 0 spiro atoms. The summed E-state index contributed by atoms with van der Waals surface area (Å²) in [5.41, 5.74) is 1.20. The molecule has 0 saturated carbocycles. The van der Waals surface area contributed by atoms with Gasteiger partial charge in [0.15, 0.2) is 0 Å². The molecule has 1 amide bonds. The molecule has 1 aromatic carbocycles. The Balaban J connectivity index is 1.69. The smallest absolute Gasteiger partial charge is 0.240 e. The molecular weight excluding hydrogens is 292 g/mol. The molecule has 0 radical (unpaired) electrons. The van der Waals surface area contributed by atoms with Crippen LogP contribution in [0.1, 0.15) is 18.4 Å². The highest BCUT2D eigenvalue weighted by atomic mass is 16.5. The number of hydrogen-bond donors (Lipinski definition) is 0. The predicted molar refractivity (Wildman–Crippen MR) is 88.4 cm³/mol. The number of piperidine rings is 2. The van der Waals surface area contributed by atoms with E-state index in [1.165, 1.54) is 5.56 Å². The maximum Gasteiger partial charge on any atom is 0.240 e. The van der Waals surface area contributed by atoms with Crippen LogP contribution >= 0.6 is 0 Å². The van der Waals surface area contributed by atoms with Crippen molar-refractivity contribution in [3.05, 3.63) is 29.8 Å². The zero-order chi connectivity index (χ0) is 16.2. The van der Waals surface area contributed by atoms with E-state index in [1.54, 1.807) is 14.2 Å². The van der Waals surface area contributed by atoms with Crippen LogP contribution in [-0.2, 0) is 16.1 Å². The van der Waals surface area contributed by atoms with E-state index in [-0.39, 0.29) is 11.9 Å². The van der Waals surface area contributed by atoms with Gasteiger partial charge < -0.3 is 14.4 Å². The molecule has 2 aliphatic rings. The molecular formula is C18H26N2O3. The standard InChI is InChI=1S/C18H26N2O3/c1-22-9-8-20-13-15-6-7-19(17(11-15)18(20)21)12-14-4-3-5-16(10-14)23-2/h3-5,10,15,17H,6-9,11-13H2,1-2H3/t15-,17+/m0/s1. The lowest BCUT2D eigenvalue weighted by Crippen LogP contribution is -2.58. The fourth-order valence-corrected chi connectivity index (χ4v) is 3.72. The maximum atomic E-state index is 12.8. The Hall–Kier alpha value is -1.59. The Kier molecular flexibility index (Phi) is 5.18. The van der Waals surface area contributed by atoms with Crippen LogP contribution < -0.4 is 4.74 Å². The van der Waals surface area contributed by atoms with E-state index in [1.807, 2.05) is 17.0 Å². The van der Waals surface area contributed by atoms with Gasteiger partial charge in [0, 0.05) is 26.7 Å². The average Bonchev–Trinajstić information content (AvgIpc) is 2.59. The number of fused-ring (bicyclic) bond motifs is 2. The monoisotopic (exact) mass is 318 g/mol. The number of rotatable bonds is 6. The van der Waals surface area contributed by atoms with Crippen molar-refractivity contribution in [3.63, 3.8) is 0 Å². The van der Waals surface area contributed by atoms with Gasteiger partial charge in [-0.15, -0.1) is 0 Å². The normalized spacial score (nSPS) is 24.8. The zero-order valence-corrected chi connectivity index (χ0v) is 14.0. The van der Waals surface area contributed by atoms with Crippen molar-refractivity contribution in [2.45, 2.75) is 25.4 Å². The highest BCUT2D eigenvalue weighted by molar-refractivity contribution is 5.83. The fraction of sp³-hybridized carbons (Fsp3) is 0.611. The first-order chi connectivity index (χ1) is 11.2. The van der Waals surface area contributed by atoms with Gasteiger partial charge in [-0.05, 0) is 43.0 Å². The largest absolute Gasteiger partial charge is 0.497 e. The predicted octanol–water partition coefficient (Wildman–Crippen LogP) is 1.76. The van der Waals surface area contributed by atoms with Crippen LogP contribution in [0.3, 0.4) is 0 Å². The van der Waals surface area contributed by atoms with Gasteiger partial charge in [-0.3, -0.25) is 9.69 Å². The van der Waals surface area contributed by atoms with Gasteiger partial charge >= 0.3 is 0 Å². The molecule has 0 aromatic heterocycles. The number of carbonyl (C=O) groups is 1. The summed E-state index contributed by atoms with van der Waals surface area (Å²) in [6, 6.07) is 8.14. The highest BCUT2D eigenvalue weighted by Gasteiger charge is 2.40. The third kappa shape index (κ3) is 3.67. The lowest BCUT2D eigenvalue weighted by molar-refractivity contribution is -0.146. The Morgan fingerprint density at radius 3 is 2.96 bits per heavy atom. The van der Waals surface area contributed by atoms with Crippen LogP contribution in [0.2, 0.25) is 0 Å². The Labute approximate surface area is 138 Å². The first-order valence-electron chi connectivity index (χ1n) is 8.36. The van der Waals surface area contributed by atoms with Gasteiger partial charge in [-0.2, -0.15) is 0 Å². The lowest BCUT2D eigenvalue weighted by Gasteiger charge is -2.46. The molecule has 2 heterocycles.